The first-order valence-corrected chi connectivity index (χ1v) is 5.64. The molecule has 0 saturated heterocycles. The van der Waals surface area contributed by atoms with Gasteiger partial charge in [-0.2, -0.15) is 0 Å². The zero-order valence-electron chi connectivity index (χ0n) is 10.1. The molecule has 2 aromatic rings. The van der Waals surface area contributed by atoms with E-state index in [1.807, 2.05) is 0 Å². The Hall–Kier alpha value is -2.61. The van der Waals surface area contributed by atoms with E-state index in [1.165, 1.54) is 19.2 Å². The number of ether oxygens (including phenoxy) is 2. The van der Waals surface area contributed by atoms with Crippen LogP contribution >= 0.6 is 11.6 Å². The second-order valence-electron chi connectivity index (χ2n) is 3.55. The van der Waals surface area contributed by atoms with Gasteiger partial charge in [0.2, 0.25) is 5.88 Å². The van der Waals surface area contributed by atoms with Crippen LogP contribution in [0, 0.1) is 10.1 Å². The minimum atomic E-state index is -0.584. The van der Waals surface area contributed by atoms with Gasteiger partial charge in [-0.05, 0) is 6.07 Å². The number of rotatable bonds is 4. The molecule has 2 rings (SSSR count). The fourth-order valence-electron chi connectivity index (χ4n) is 1.40. The zero-order valence-corrected chi connectivity index (χ0v) is 10.9. The maximum Gasteiger partial charge on any atom is 0.273 e. The maximum atomic E-state index is 11.3. The van der Waals surface area contributed by atoms with Gasteiger partial charge in [-0.25, -0.2) is 4.98 Å². The lowest BCUT2D eigenvalue weighted by Crippen LogP contribution is -2.08. The Morgan fingerprint density at radius 3 is 2.80 bits per heavy atom. The highest BCUT2D eigenvalue weighted by Crippen LogP contribution is 2.35. The lowest BCUT2D eigenvalue weighted by atomic mass is 10.3. The van der Waals surface area contributed by atoms with Crippen LogP contribution in [0.25, 0.3) is 0 Å². The number of H-pyrrole nitrogens is 1. The lowest BCUT2D eigenvalue weighted by Gasteiger charge is -2.09. The number of non-ortho nitro benzene ring substituents is 1. The van der Waals surface area contributed by atoms with E-state index in [4.69, 9.17) is 21.1 Å². The third-order valence-electron chi connectivity index (χ3n) is 2.33. The number of methoxy groups -OCH3 is 1. The molecular weight excluding hydrogens is 290 g/mol. The molecule has 0 saturated carbocycles. The number of nitrogens with one attached hydrogen (secondary N) is 1. The van der Waals surface area contributed by atoms with Gasteiger partial charge in [-0.1, -0.05) is 11.6 Å². The van der Waals surface area contributed by atoms with Crippen LogP contribution in [0.3, 0.4) is 0 Å². The number of nitro benzene ring substituents is 1. The second kappa shape index (κ2) is 5.57. The monoisotopic (exact) mass is 297 g/mol. The maximum absolute atomic E-state index is 11.3. The fraction of sp³-hybridized carbons (Fsp3) is 0.0909. The Morgan fingerprint density at radius 2 is 2.15 bits per heavy atom. The Morgan fingerprint density at radius 1 is 1.40 bits per heavy atom. The van der Waals surface area contributed by atoms with Crippen LogP contribution in [-0.4, -0.2) is 22.0 Å². The molecule has 0 amide bonds. The van der Waals surface area contributed by atoms with Crippen molar-refractivity contribution in [2.24, 2.45) is 0 Å². The van der Waals surface area contributed by atoms with Crippen molar-refractivity contribution in [1.82, 2.24) is 9.97 Å². The molecule has 0 aliphatic heterocycles. The molecular formula is C11H8ClN3O5. The average Bonchev–Trinajstić information content (AvgIpc) is 2.43. The van der Waals surface area contributed by atoms with E-state index in [-0.39, 0.29) is 28.1 Å². The second-order valence-corrected chi connectivity index (χ2v) is 3.92. The van der Waals surface area contributed by atoms with Crippen molar-refractivity contribution in [3.05, 3.63) is 50.0 Å². The fourth-order valence-corrected chi connectivity index (χ4v) is 1.54. The number of hydrogen-bond acceptors (Lipinski definition) is 6. The number of halogens is 1. The molecule has 8 nitrogen and oxygen atoms in total. The van der Waals surface area contributed by atoms with Crippen LogP contribution in [0.4, 0.5) is 5.69 Å². The van der Waals surface area contributed by atoms with Gasteiger partial charge < -0.3 is 14.5 Å². The third kappa shape index (κ3) is 2.69. The lowest BCUT2D eigenvalue weighted by molar-refractivity contribution is -0.384. The SMILES string of the molecule is COc1ccc([N+](=O)[O-])cc1Oc1nc[nH]c(=O)c1Cl. The van der Waals surface area contributed by atoms with E-state index in [9.17, 15) is 14.9 Å². The first-order valence-electron chi connectivity index (χ1n) is 5.26. The van der Waals surface area contributed by atoms with E-state index in [0.717, 1.165) is 12.4 Å². The summed E-state index contributed by atoms with van der Waals surface area (Å²) in [5, 5.41) is 10.5. The van der Waals surface area contributed by atoms with Crippen LogP contribution in [0.15, 0.2) is 29.3 Å². The van der Waals surface area contributed by atoms with E-state index in [1.54, 1.807) is 0 Å². The predicted octanol–water partition coefficient (Wildman–Crippen LogP) is 2.13. The molecule has 0 aliphatic rings. The summed E-state index contributed by atoms with van der Waals surface area (Å²) in [7, 11) is 1.38. The number of hydrogen-bond donors (Lipinski definition) is 1. The smallest absolute Gasteiger partial charge is 0.273 e. The van der Waals surface area contributed by atoms with Crippen molar-refractivity contribution < 1.29 is 14.4 Å². The standard InChI is InChI=1S/C11H8ClN3O5/c1-19-7-3-2-6(15(17)18)4-8(7)20-11-9(12)10(16)13-5-14-11/h2-5H,1H3,(H,13,14,16). The van der Waals surface area contributed by atoms with Crippen molar-refractivity contribution in [2.45, 2.75) is 0 Å². The van der Waals surface area contributed by atoms with Crippen LogP contribution in [0.2, 0.25) is 5.02 Å². The number of aromatic nitrogens is 2. The van der Waals surface area contributed by atoms with E-state index in [0.29, 0.717) is 0 Å². The number of nitro groups is 1. The van der Waals surface area contributed by atoms with Crippen molar-refractivity contribution in [1.29, 1.82) is 0 Å². The molecule has 20 heavy (non-hydrogen) atoms. The third-order valence-corrected chi connectivity index (χ3v) is 2.66. The first kappa shape index (κ1) is 13.8. The van der Waals surface area contributed by atoms with Gasteiger partial charge in [0, 0.05) is 6.07 Å². The van der Waals surface area contributed by atoms with Crippen LogP contribution in [0.1, 0.15) is 0 Å². The molecule has 0 atom stereocenters. The summed E-state index contributed by atoms with van der Waals surface area (Å²) in [6.07, 6.45) is 1.10. The van der Waals surface area contributed by atoms with Crippen molar-refractivity contribution in [2.75, 3.05) is 7.11 Å². The largest absolute Gasteiger partial charge is 0.493 e. The predicted molar refractivity (Wildman–Crippen MR) is 69.6 cm³/mol. The Labute approximate surface area is 117 Å². The normalized spacial score (nSPS) is 10.1. The van der Waals surface area contributed by atoms with Gasteiger partial charge in [-0.3, -0.25) is 14.9 Å². The summed E-state index contributed by atoms with van der Waals surface area (Å²) in [6.45, 7) is 0. The molecule has 104 valence electrons. The summed E-state index contributed by atoms with van der Waals surface area (Å²) >= 11 is 5.74. The highest BCUT2D eigenvalue weighted by Gasteiger charge is 2.16. The molecule has 1 N–H and O–H groups in total. The molecule has 0 radical (unpaired) electrons. The summed E-state index contributed by atoms with van der Waals surface area (Å²) in [6, 6.07) is 3.78. The van der Waals surface area contributed by atoms with Crippen LogP contribution in [0.5, 0.6) is 17.4 Å². The summed E-state index contributed by atoms with van der Waals surface area (Å²) < 4.78 is 10.3. The van der Waals surface area contributed by atoms with Gasteiger partial charge in [-0.15, -0.1) is 0 Å². The Bertz CT molecular complexity index is 715. The van der Waals surface area contributed by atoms with Crippen molar-refractivity contribution in [3.8, 4) is 17.4 Å². The average molecular weight is 298 g/mol. The molecule has 1 aromatic heterocycles. The molecule has 0 aliphatic carbocycles. The summed E-state index contributed by atoms with van der Waals surface area (Å²) in [5.41, 5.74) is -0.775. The zero-order chi connectivity index (χ0) is 14.7. The van der Waals surface area contributed by atoms with Crippen LogP contribution < -0.4 is 15.0 Å². The van der Waals surface area contributed by atoms with Gasteiger partial charge >= 0.3 is 0 Å². The molecule has 9 heteroatoms. The highest BCUT2D eigenvalue weighted by molar-refractivity contribution is 6.31. The topological polar surface area (TPSA) is 107 Å². The van der Waals surface area contributed by atoms with E-state index < -0.39 is 10.5 Å². The first-order chi connectivity index (χ1) is 9.52. The molecule has 0 unspecified atom stereocenters. The van der Waals surface area contributed by atoms with Gasteiger partial charge in [0.15, 0.2) is 16.5 Å². The minimum absolute atomic E-state index is 0.0294. The summed E-state index contributed by atoms with van der Waals surface area (Å²) in [5.74, 6) is 0.102. The van der Waals surface area contributed by atoms with Gasteiger partial charge in [0.05, 0.1) is 24.4 Å². The molecule has 0 fully saturated rings. The van der Waals surface area contributed by atoms with E-state index in [2.05, 4.69) is 9.97 Å². The van der Waals surface area contributed by atoms with Crippen molar-refractivity contribution >= 4 is 17.3 Å². The quantitative estimate of drug-likeness (QED) is 0.684. The molecule has 1 aromatic carbocycles. The molecule has 0 bridgehead atoms. The summed E-state index contributed by atoms with van der Waals surface area (Å²) in [4.78, 5) is 27.5. The Kier molecular flexibility index (Phi) is 3.85. The molecule has 0 spiro atoms. The number of aromatic amines is 1. The van der Waals surface area contributed by atoms with E-state index >= 15 is 0 Å². The minimum Gasteiger partial charge on any atom is -0.493 e. The Balaban J connectivity index is 2.46. The molecule has 1 heterocycles. The highest BCUT2D eigenvalue weighted by atomic mass is 35.5. The van der Waals surface area contributed by atoms with Gasteiger partial charge in [0.25, 0.3) is 11.2 Å². The van der Waals surface area contributed by atoms with Crippen LogP contribution in [-0.2, 0) is 0 Å². The van der Waals surface area contributed by atoms with Crippen molar-refractivity contribution in [3.63, 3.8) is 0 Å². The number of benzene rings is 1. The van der Waals surface area contributed by atoms with Gasteiger partial charge in [0.1, 0.15) is 0 Å². The number of nitrogens with zero attached hydrogens (tertiary/aromatic N) is 2.